The monoisotopic (exact) mass is 295 g/mol. The Morgan fingerprint density at radius 3 is 2.73 bits per heavy atom. The van der Waals surface area contributed by atoms with Crippen LogP contribution in [-0.4, -0.2) is 24.1 Å². The third kappa shape index (κ3) is 2.33. The number of hydrogen-bond donors (Lipinski definition) is 2. The number of para-hydroxylation sites is 1. The molecule has 1 amide bonds. The van der Waals surface area contributed by atoms with Gasteiger partial charge in [-0.3, -0.25) is 4.79 Å². The van der Waals surface area contributed by atoms with Crippen molar-refractivity contribution in [3.05, 3.63) is 59.2 Å². The van der Waals surface area contributed by atoms with Crippen molar-refractivity contribution >= 4 is 29.2 Å². The first-order valence-electron chi connectivity index (χ1n) is 6.64. The summed E-state index contributed by atoms with van der Waals surface area (Å²) in [5.74, 6) is -0.645. The van der Waals surface area contributed by atoms with E-state index in [-0.39, 0.29) is 11.5 Å². The van der Waals surface area contributed by atoms with Crippen LogP contribution in [0.4, 0.5) is 5.69 Å². The number of hydrogen-bond acceptors (Lipinski definition) is 3. The molecule has 0 radical (unpaired) electrons. The second kappa shape index (κ2) is 5.37. The lowest BCUT2D eigenvalue weighted by Gasteiger charge is -2.05. The van der Waals surface area contributed by atoms with Crippen molar-refractivity contribution in [2.75, 3.05) is 12.4 Å². The number of benzene rings is 2. The second-order valence-corrected chi connectivity index (χ2v) is 4.82. The van der Waals surface area contributed by atoms with Crippen molar-refractivity contribution < 1.29 is 19.4 Å². The number of carboxylic acids is 1. The van der Waals surface area contributed by atoms with Crippen molar-refractivity contribution in [2.24, 2.45) is 0 Å². The number of rotatable bonds is 3. The zero-order chi connectivity index (χ0) is 15.7. The minimum Gasteiger partial charge on any atom is -0.496 e. The lowest BCUT2D eigenvalue weighted by atomic mass is 10.0. The molecule has 1 heterocycles. The molecule has 110 valence electrons. The molecule has 3 rings (SSSR count). The summed E-state index contributed by atoms with van der Waals surface area (Å²) in [7, 11) is 1.56. The van der Waals surface area contributed by atoms with Gasteiger partial charge in [0.25, 0.3) is 5.91 Å². The molecule has 0 aliphatic carbocycles. The summed E-state index contributed by atoms with van der Waals surface area (Å²) in [4.78, 5) is 23.3. The maximum atomic E-state index is 12.1. The number of fused-ring (bicyclic) bond motifs is 1. The van der Waals surface area contributed by atoms with Crippen LogP contribution in [-0.2, 0) is 4.79 Å². The number of carbonyl (C=O) groups is 2. The summed E-state index contributed by atoms with van der Waals surface area (Å²) in [6.07, 6.45) is 1.70. The molecule has 0 bridgehead atoms. The van der Waals surface area contributed by atoms with Gasteiger partial charge in [0.15, 0.2) is 0 Å². The van der Waals surface area contributed by atoms with Crippen LogP contribution in [0, 0.1) is 0 Å². The standard InChI is InChI=1S/C17H13NO4/c1-22-15-5-3-2-4-10(15)8-13-12-9-11(17(20)21)6-7-14(12)18-16(13)19/h2-9H,1H3,(H,18,19)(H,20,21)/b13-8+. The van der Waals surface area contributed by atoms with Crippen molar-refractivity contribution in [2.45, 2.75) is 0 Å². The first-order valence-corrected chi connectivity index (χ1v) is 6.64. The fraction of sp³-hybridized carbons (Fsp3) is 0.0588. The number of carbonyl (C=O) groups excluding carboxylic acids is 1. The molecule has 1 aliphatic rings. The maximum Gasteiger partial charge on any atom is 0.335 e. The predicted molar refractivity (Wildman–Crippen MR) is 82.9 cm³/mol. The lowest BCUT2D eigenvalue weighted by Crippen LogP contribution is -2.03. The van der Waals surface area contributed by atoms with Gasteiger partial charge in [-0.15, -0.1) is 0 Å². The zero-order valence-electron chi connectivity index (χ0n) is 11.8. The molecular formula is C17H13NO4. The highest BCUT2D eigenvalue weighted by Gasteiger charge is 2.25. The third-order valence-corrected chi connectivity index (χ3v) is 3.49. The molecule has 0 aromatic heterocycles. The largest absolute Gasteiger partial charge is 0.496 e. The van der Waals surface area contributed by atoms with Gasteiger partial charge in [-0.05, 0) is 30.3 Å². The molecule has 0 saturated heterocycles. The van der Waals surface area contributed by atoms with E-state index in [4.69, 9.17) is 9.84 Å². The van der Waals surface area contributed by atoms with Gasteiger partial charge in [0.2, 0.25) is 0 Å². The van der Waals surface area contributed by atoms with Crippen LogP contribution in [0.25, 0.3) is 11.6 Å². The molecule has 0 saturated carbocycles. The lowest BCUT2D eigenvalue weighted by molar-refractivity contribution is -0.110. The molecule has 5 heteroatoms. The van der Waals surface area contributed by atoms with E-state index >= 15 is 0 Å². The molecule has 5 nitrogen and oxygen atoms in total. The number of methoxy groups -OCH3 is 1. The SMILES string of the molecule is COc1ccccc1/C=C1/C(=O)Nc2ccc(C(=O)O)cc21. The Hall–Kier alpha value is -3.08. The number of nitrogens with one attached hydrogen (secondary N) is 1. The Balaban J connectivity index is 2.13. The molecule has 2 aromatic rings. The predicted octanol–water partition coefficient (Wildman–Crippen LogP) is 2.89. The minimum atomic E-state index is -1.03. The summed E-state index contributed by atoms with van der Waals surface area (Å²) in [6.45, 7) is 0. The Bertz CT molecular complexity index is 808. The fourth-order valence-corrected chi connectivity index (χ4v) is 2.41. The Labute approximate surface area is 126 Å². The summed E-state index contributed by atoms with van der Waals surface area (Å²) in [6, 6.07) is 11.9. The zero-order valence-corrected chi connectivity index (χ0v) is 11.8. The van der Waals surface area contributed by atoms with E-state index < -0.39 is 5.97 Å². The molecule has 1 aliphatic heterocycles. The van der Waals surface area contributed by atoms with Crippen molar-refractivity contribution in [3.63, 3.8) is 0 Å². The molecule has 0 spiro atoms. The van der Waals surface area contributed by atoms with Gasteiger partial charge >= 0.3 is 5.97 Å². The van der Waals surface area contributed by atoms with E-state index in [1.807, 2.05) is 18.2 Å². The van der Waals surface area contributed by atoms with Crippen LogP contribution >= 0.6 is 0 Å². The van der Waals surface area contributed by atoms with E-state index in [1.54, 1.807) is 25.3 Å². The van der Waals surface area contributed by atoms with E-state index in [2.05, 4.69) is 5.32 Å². The van der Waals surface area contributed by atoms with Crippen LogP contribution in [0.5, 0.6) is 5.75 Å². The van der Waals surface area contributed by atoms with Gasteiger partial charge in [-0.25, -0.2) is 4.79 Å². The average Bonchev–Trinajstić information content (AvgIpc) is 2.83. The van der Waals surface area contributed by atoms with Crippen LogP contribution in [0.1, 0.15) is 21.5 Å². The minimum absolute atomic E-state index is 0.140. The summed E-state index contributed by atoms with van der Waals surface area (Å²) >= 11 is 0. The number of amides is 1. The topological polar surface area (TPSA) is 75.6 Å². The highest BCUT2D eigenvalue weighted by atomic mass is 16.5. The van der Waals surface area contributed by atoms with Gasteiger partial charge in [0.05, 0.1) is 12.7 Å². The Morgan fingerprint density at radius 1 is 1.23 bits per heavy atom. The fourth-order valence-electron chi connectivity index (χ4n) is 2.41. The molecule has 2 aromatic carbocycles. The maximum absolute atomic E-state index is 12.1. The van der Waals surface area contributed by atoms with Gasteiger partial charge in [-0.2, -0.15) is 0 Å². The summed E-state index contributed by atoms with van der Waals surface area (Å²) in [5.41, 5.74) is 2.50. The smallest absolute Gasteiger partial charge is 0.335 e. The molecule has 0 unspecified atom stereocenters. The number of anilines is 1. The van der Waals surface area contributed by atoms with Gasteiger partial charge in [0, 0.05) is 22.4 Å². The molecule has 0 fully saturated rings. The normalized spacial score (nSPS) is 14.6. The first kappa shape index (κ1) is 13.9. The Kier molecular flexibility index (Phi) is 3.39. The van der Waals surface area contributed by atoms with Crippen LogP contribution < -0.4 is 10.1 Å². The van der Waals surface area contributed by atoms with E-state index in [0.717, 1.165) is 5.56 Å². The van der Waals surface area contributed by atoms with Crippen molar-refractivity contribution in [1.82, 2.24) is 0 Å². The van der Waals surface area contributed by atoms with E-state index in [9.17, 15) is 9.59 Å². The van der Waals surface area contributed by atoms with Gasteiger partial charge in [-0.1, -0.05) is 18.2 Å². The van der Waals surface area contributed by atoms with Crippen LogP contribution in [0.3, 0.4) is 0 Å². The molecule has 0 atom stereocenters. The molecule has 2 N–H and O–H groups in total. The number of ether oxygens (including phenoxy) is 1. The molecular weight excluding hydrogens is 282 g/mol. The van der Waals surface area contributed by atoms with E-state index in [1.165, 1.54) is 12.1 Å². The highest BCUT2D eigenvalue weighted by molar-refractivity contribution is 6.35. The summed E-state index contributed by atoms with van der Waals surface area (Å²) in [5, 5.41) is 11.8. The quantitative estimate of drug-likeness (QED) is 0.854. The summed E-state index contributed by atoms with van der Waals surface area (Å²) < 4.78 is 5.27. The van der Waals surface area contributed by atoms with Gasteiger partial charge < -0.3 is 15.2 Å². The van der Waals surface area contributed by atoms with Crippen molar-refractivity contribution in [1.29, 1.82) is 0 Å². The van der Waals surface area contributed by atoms with E-state index in [0.29, 0.717) is 22.6 Å². The number of carboxylic acid groups (broad SMARTS) is 1. The third-order valence-electron chi connectivity index (χ3n) is 3.49. The van der Waals surface area contributed by atoms with Crippen LogP contribution in [0.2, 0.25) is 0 Å². The van der Waals surface area contributed by atoms with Crippen molar-refractivity contribution in [3.8, 4) is 5.75 Å². The molecule has 22 heavy (non-hydrogen) atoms. The van der Waals surface area contributed by atoms with Crippen LogP contribution in [0.15, 0.2) is 42.5 Å². The average molecular weight is 295 g/mol. The second-order valence-electron chi connectivity index (χ2n) is 4.82. The van der Waals surface area contributed by atoms with Gasteiger partial charge in [0.1, 0.15) is 5.75 Å². The number of aromatic carboxylic acids is 1. The Morgan fingerprint density at radius 2 is 2.00 bits per heavy atom. The highest BCUT2D eigenvalue weighted by Crippen LogP contribution is 2.35. The first-order chi connectivity index (χ1) is 10.6.